The number of amides is 2. The van der Waals surface area contributed by atoms with E-state index in [1.54, 1.807) is 7.11 Å². The summed E-state index contributed by atoms with van der Waals surface area (Å²) >= 11 is 0. The van der Waals surface area contributed by atoms with Crippen LogP contribution in [0.25, 0.3) is 0 Å². The lowest BCUT2D eigenvalue weighted by Crippen LogP contribution is -2.60. The Balaban J connectivity index is 1.37. The largest absolute Gasteiger partial charge is 0.379 e. The van der Waals surface area contributed by atoms with E-state index in [4.69, 9.17) is 9.47 Å². The molecule has 0 radical (unpaired) electrons. The average Bonchev–Trinajstić information content (AvgIpc) is 2.82. The van der Waals surface area contributed by atoms with Gasteiger partial charge in [-0.3, -0.25) is 9.59 Å². The lowest BCUT2D eigenvalue weighted by molar-refractivity contribution is -0.148. The smallest absolute Gasteiger partial charge is 0.225 e. The zero-order chi connectivity index (χ0) is 25.3. The second-order valence-corrected chi connectivity index (χ2v) is 12.3. The zero-order valence-electron chi connectivity index (χ0n) is 22.8. The molecule has 2 saturated heterocycles. The summed E-state index contributed by atoms with van der Waals surface area (Å²) in [6.07, 6.45) is 7.59. The molecule has 7 heteroatoms. The minimum absolute atomic E-state index is 0.0264. The van der Waals surface area contributed by atoms with Crippen molar-refractivity contribution in [1.82, 2.24) is 15.5 Å². The van der Waals surface area contributed by atoms with Crippen LogP contribution in [0.3, 0.4) is 0 Å². The van der Waals surface area contributed by atoms with Gasteiger partial charge in [0, 0.05) is 50.7 Å². The molecular weight excluding hydrogens is 442 g/mol. The molecule has 200 valence electrons. The maximum atomic E-state index is 13.5. The van der Waals surface area contributed by atoms with E-state index in [2.05, 4.69) is 29.4 Å². The summed E-state index contributed by atoms with van der Waals surface area (Å²) in [7, 11) is 3.75. The van der Waals surface area contributed by atoms with Gasteiger partial charge in [-0.25, -0.2) is 0 Å². The van der Waals surface area contributed by atoms with Gasteiger partial charge in [-0.2, -0.15) is 0 Å². The Bertz CT molecular complexity index is 746. The number of piperidine rings is 2. The monoisotopic (exact) mass is 491 g/mol. The molecule has 0 aromatic rings. The van der Waals surface area contributed by atoms with Crippen LogP contribution < -0.4 is 10.6 Å². The lowest BCUT2D eigenvalue weighted by atomic mass is 9.65. The van der Waals surface area contributed by atoms with Crippen molar-refractivity contribution in [1.29, 1.82) is 0 Å². The van der Waals surface area contributed by atoms with Gasteiger partial charge in [-0.15, -0.1) is 0 Å². The molecule has 2 aliphatic carbocycles. The molecule has 35 heavy (non-hydrogen) atoms. The number of ether oxygens (including phenoxy) is 2. The summed E-state index contributed by atoms with van der Waals surface area (Å²) in [5.74, 6) is 1.93. The number of rotatable bonds is 6. The fourth-order valence-corrected chi connectivity index (χ4v) is 7.52. The average molecular weight is 492 g/mol. The van der Waals surface area contributed by atoms with Crippen molar-refractivity contribution in [3.63, 3.8) is 0 Å². The Morgan fingerprint density at radius 3 is 2.54 bits per heavy atom. The third-order valence-corrected chi connectivity index (χ3v) is 9.56. The van der Waals surface area contributed by atoms with Crippen molar-refractivity contribution >= 4 is 11.8 Å². The predicted molar refractivity (Wildman–Crippen MR) is 137 cm³/mol. The van der Waals surface area contributed by atoms with Gasteiger partial charge < -0.3 is 25.0 Å². The predicted octanol–water partition coefficient (Wildman–Crippen LogP) is 3.36. The number of likely N-dealkylation sites (tertiary alicyclic amines) is 1. The highest BCUT2D eigenvalue weighted by molar-refractivity contribution is 5.81. The fourth-order valence-electron chi connectivity index (χ4n) is 7.52. The summed E-state index contributed by atoms with van der Waals surface area (Å²) in [6, 6.07) is 1.00. The summed E-state index contributed by atoms with van der Waals surface area (Å²) in [4.78, 5) is 28.8. The third-order valence-electron chi connectivity index (χ3n) is 9.56. The number of fused-ring (bicyclic) bond motifs is 1. The van der Waals surface area contributed by atoms with E-state index in [0.717, 1.165) is 57.9 Å². The first-order chi connectivity index (χ1) is 16.7. The molecule has 0 bridgehead atoms. The van der Waals surface area contributed by atoms with Crippen LogP contribution in [0, 0.1) is 29.6 Å². The van der Waals surface area contributed by atoms with Crippen LogP contribution in [-0.2, 0) is 19.1 Å². The number of carbonyl (C=O) groups is 2. The van der Waals surface area contributed by atoms with Crippen molar-refractivity contribution < 1.29 is 19.1 Å². The molecule has 10 atom stereocenters. The van der Waals surface area contributed by atoms with E-state index >= 15 is 0 Å². The highest BCUT2D eigenvalue weighted by Crippen LogP contribution is 2.43. The van der Waals surface area contributed by atoms with Crippen LogP contribution in [0.2, 0.25) is 0 Å². The first kappa shape index (κ1) is 26.9. The molecule has 0 aromatic heterocycles. The van der Waals surface area contributed by atoms with E-state index in [0.29, 0.717) is 35.7 Å². The molecule has 4 rings (SSSR count). The number of methoxy groups -OCH3 is 1. The highest BCUT2D eigenvalue weighted by Gasteiger charge is 2.47. The minimum Gasteiger partial charge on any atom is -0.379 e. The number of carbonyl (C=O) groups excluding carboxylic acids is 2. The van der Waals surface area contributed by atoms with E-state index in [1.165, 1.54) is 0 Å². The summed E-state index contributed by atoms with van der Waals surface area (Å²) in [6.45, 7) is 9.61. The summed E-state index contributed by atoms with van der Waals surface area (Å²) in [5, 5.41) is 7.03. The molecule has 2 aliphatic heterocycles. The Labute approximate surface area is 212 Å². The van der Waals surface area contributed by atoms with E-state index < -0.39 is 0 Å². The van der Waals surface area contributed by atoms with E-state index in [9.17, 15) is 9.59 Å². The Hall–Kier alpha value is -1.18. The van der Waals surface area contributed by atoms with Crippen LogP contribution in [0.4, 0.5) is 0 Å². The van der Waals surface area contributed by atoms with Gasteiger partial charge in [0.2, 0.25) is 11.8 Å². The van der Waals surface area contributed by atoms with E-state index in [1.807, 2.05) is 20.9 Å². The van der Waals surface area contributed by atoms with Crippen molar-refractivity contribution in [2.24, 2.45) is 29.6 Å². The molecular formula is C28H49N3O4. The third kappa shape index (κ3) is 6.04. The number of nitrogens with one attached hydrogen (secondary N) is 2. The molecule has 2 saturated carbocycles. The zero-order valence-corrected chi connectivity index (χ0v) is 22.8. The van der Waals surface area contributed by atoms with Crippen LogP contribution in [0.1, 0.15) is 79.1 Å². The van der Waals surface area contributed by atoms with Crippen LogP contribution in [0.5, 0.6) is 0 Å². The van der Waals surface area contributed by atoms with Gasteiger partial charge in [0.15, 0.2) is 0 Å². The molecule has 0 spiro atoms. The first-order valence-corrected chi connectivity index (χ1v) is 14.2. The quantitative estimate of drug-likeness (QED) is 0.596. The number of nitrogens with zero attached hydrogens (tertiary/aromatic N) is 1. The summed E-state index contributed by atoms with van der Waals surface area (Å²) < 4.78 is 11.7. The molecule has 4 fully saturated rings. The maximum Gasteiger partial charge on any atom is 0.225 e. The van der Waals surface area contributed by atoms with Gasteiger partial charge >= 0.3 is 0 Å². The van der Waals surface area contributed by atoms with Crippen LogP contribution >= 0.6 is 0 Å². The Morgan fingerprint density at radius 1 is 1.06 bits per heavy atom. The minimum atomic E-state index is -0.0289. The lowest BCUT2D eigenvalue weighted by Gasteiger charge is -2.50. The van der Waals surface area contributed by atoms with Gasteiger partial charge in [0.05, 0.1) is 18.3 Å². The van der Waals surface area contributed by atoms with Crippen molar-refractivity contribution in [3.8, 4) is 0 Å². The molecule has 0 aromatic carbocycles. The molecule has 2 amide bonds. The Morgan fingerprint density at radius 2 is 1.83 bits per heavy atom. The molecule has 4 aliphatic rings. The number of hydrogen-bond acceptors (Lipinski definition) is 5. The van der Waals surface area contributed by atoms with Gasteiger partial charge in [0.25, 0.3) is 0 Å². The summed E-state index contributed by atoms with van der Waals surface area (Å²) in [5.41, 5.74) is 0. The second-order valence-electron chi connectivity index (χ2n) is 12.3. The molecule has 2 N–H and O–H groups in total. The Kier molecular flexibility index (Phi) is 8.81. The maximum absolute atomic E-state index is 13.5. The van der Waals surface area contributed by atoms with Gasteiger partial charge in [-0.1, -0.05) is 6.92 Å². The van der Waals surface area contributed by atoms with Crippen molar-refractivity contribution in [2.75, 3.05) is 20.7 Å². The van der Waals surface area contributed by atoms with Crippen molar-refractivity contribution in [3.05, 3.63) is 0 Å². The van der Waals surface area contributed by atoms with Gasteiger partial charge in [-0.05, 0) is 89.9 Å². The molecule has 7 nitrogen and oxygen atoms in total. The van der Waals surface area contributed by atoms with Crippen LogP contribution in [-0.4, -0.2) is 73.9 Å². The second kappa shape index (κ2) is 11.5. The van der Waals surface area contributed by atoms with Crippen molar-refractivity contribution in [2.45, 2.75) is 115 Å². The SMILES string of the molecule is COC1CCC(C(=O)NC2CCC(C)C(C3CC4CNC(C)CC4N(C)C3=O)C2)CC1OC(C)C. The normalized spacial score (nSPS) is 42.6. The standard InChI is InChI=1S/C28H49N3O4/c1-16(2)35-26-13-19(8-10-25(26)34-6)27(32)30-21-9-7-17(3)22(14-21)23-12-20-15-29-18(4)11-24(20)31(5)28(23)33/h16-26,29H,7-15H2,1-6H3,(H,30,32). The topological polar surface area (TPSA) is 79.9 Å². The highest BCUT2D eigenvalue weighted by atomic mass is 16.5. The fraction of sp³-hybridized carbons (Fsp3) is 0.929. The molecule has 2 heterocycles. The molecule has 10 unspecified atom stereocenters. The van der Waals surface area contributed by atoms with E-state index in [-0.39, 0.29) is 42.1 Å². The van der Waals surface area contributed by atoms with Crippen LogP contribution in [0.15, 0.2) is 0 Å². The first-order valence-electron chi connectivity index (χ1n) is 14.2. The number of hydrogen-bond donors (Lipinski definition) is 2. The van der Waals surface area contributed by atoms with Gasteiger partial charge in [0.1, 0.15) is 0 Å².